The van der Waals surface area contributed by atoms with E-state index in [9.17, 15) is 14.3 Å². The van der Waals surface area contributed by atoms with Crippen LogP contribution in [0.15, 0.2) is 42.5 Å². The number of morpholine rings is 1. The maximum absolute atomic E-state index is 14.0. The summed E-state index contributed by atoms with van der Waals surface area (Å²) in [6.07, 6.45) is 0.389. The quantitative estimate of drug-likeness (QED) is 0.837. The Kier molecular flexibility index (Phi) is 4.93. The Morgan fingerprint density at radius 2 is 2.11 bits per heavy atom. The highest BCUT2D eigenvalue weighted by atomic mass is 35.5. The minimum Gasteiger partial charge on any atom is -0.508 e. The van der Waals surface area contributed by atoms with E-state index in [1.54, 1.807) is 35.2 Å². The van der Waals surface area contributed by atoms with Crippen molar-refractivity contribution in [2.75, 3.05) is 19.7 Å². The fraction of sp³-hybridized carbons (Fsp3) is 0.350. The van der Waals surface area contributed by atoms with Crippen LogP contribution in [0, 0.1) is 5.82 Å². The van der Waals surface area contributed by atoms with Crippen molar-refractivity contribution < 1.29 is 19.0 Å². The summed E-state index contributed by atoms with van der Waals surface area (Å²) < 4.78 is 19.8. The van der Waals surface area contributed by atoms with E-state index in [2.05, 4.69) is 5.32 Å². The van der Waals surface area contributed by atoms with Gasteiger partial charge in [-0.3, -0.25) is 0 Å². The van der Waals surface area contributed by atoms with Crippen LogP contribution in [-0.4, -0.2) is 41.8 Å². The fourth-order valence-electron chi connectivity index (χ4n) is 3.55. The molecule has 1 unspecified atom stereocenters. The van der Waals surface area contributed by atoms with Crippen LogP contribution in [0.4, 0.5) is 9.18 Å². The molecule has 2 fully saturated rings. The zero-order valence-corrected chi connectivity index (χ0v) is 15.3. The number of phenols is 1. The third-order valence-corrected chi connectivity index (χ3v) is 5.40. The van der Waals surface area contributed by atoms with Gasteiger partial charge in [-0.1, -0.05) is 29.8 Å². The number of nitrogens with one attached hydrogen (secondary N) is 1. The molecule has 27 heavy (non-hydrogen) atoms. The lowest BCUT2D eigenvalue weighted by Crippen LogP contribution is -2.48. The van der Waals surface area contributed by atoms with E-state index >= 15 is 0 Å². The molecule has 5 nitrogen and oxygen atoms in total. The molecule has 0 bridgehead atoms. The van der Waals surface area contributed by atoms with Crippen LogP contribution in [0.1, 0.15) is 29.6 Å². The third kappa shape index (κ3) is 3.87. The van der Waals surface area contributed by atoms with Crippen molar-refractivity contribution in [1.82, 2.24) is 10.2 Å². The van der Waals surface area contributed by atoms with E-state index in [0.29, 0.717) is 36.7 Å². The number of benzene rings is 2. The summed E-state index contributed by atoms with van der Waals surface area (Å²) in [6, 6.07) is 11.2. The normalized spacial score (nSPS) is 24.5. The first-order valence-electron chi connectivity index (χ1n) is 8.93. The summed E-state index contributed by atoms with van der Waals surface area (Å²) in [4.78, 5) is 14.3. The van der Waals surface area contributed by atoms with Gasteiger partial charge in [0.05, 0.1) is 13.2 Å². The van der Waals surface area contributed by atoms with Crippen LogP contribution in [0.3, 0.4) is 0 Å². The lowest BCUT2D eigenvalue weighted by Gasteiger charge is -2.33. The molecule has 142 valence electrons. The van der Waals surface area contributed by atoms with Gasteiger partial charge in [0.2, 0.25) is 0 Å². The predicted octanol–water partition coefficient (Wildman–Crippen LogP) is 3.82. The molecule has 0 spiro atoms. The first kappa shape index (κ1) is 18.1. The second kappa shape index (κ2) is 7.37. The van der Waals surface area contributed by atoms with Crippen molar-refractivity contribution in [3.05, 3.63) is 64.4 Å². The standard InChI is InChI=1S/C20H20ClFN2O3/c21-15-5-2-6-16(22)19(15)14-10-17(14)23-20(26)24-7-8-27-18(11-24)12-3-1-4-13(25)9-12/h1-6,9,14,17-18,25H,7-8,10-11H2,(H,23,26)/t14-,17-,18?/m1/s1. The Hall–Kier alpha value is -2.31. The van der Waals surface area contributed by atoms with E-state index < -0.39 is 0 Å². The number of carbonyl (C=O) groups is 1. The van der Waals surface area contributed by atoms with Crippen molar-refractivity contribution in [3.8, 4) is 5.75 Å². The largest absolute Gasteiger partial charge is 0.508 e. The molecule has 2 N–H and O–H groups in total. The van der Waals surface area contributed by atoms with Gasteiger partial charge in [0, 0.05) is 29.1 Å². The van der Waals surface area contributed by atoms with Gasteiger partial charge in [0.25, 0.3) is 0 Å². The van der Waals surface area contributed by atoms with Crippen LogP contribution in [-0.2, 0) is 4.74 Å². The number of hydrogen-bond acceptors (Lipinski definition) is 3. The highest BCUT2D eigenvalue weighted by Gasteiger charge is 2.43. The highest BCUT2D eigenvalue weighted by Crippen LogP contribution is 2.45. The summed E-state index contributed by atoms with van der Waals surface area (Å²) in [7, 11) is 0. The maximum atomic E-state index is 14.0. The van der Waals surface area contributed by atoms with Crippen molar-refractivity contribution in [2.24, 2.45) is 0 Å². The molecule has 3 atom stereocenters. The smallest absolute Gasteiger partial charge is 0.317 e. The molecule has 1 aliphatic heterocycles. The highest BCUT2D eigenvalue weighted by molar-refractivity contribution is 6.31. The van der Waals surface area contributed by atoms with Gasteiger partial charge in [-0.25, -0.2) is 9.18 Å². The first-order valence-corrected chi connectivity index (χ1v) is 9.30. The molecule has 4 rings (SSSR count). The molecular weight excluding hydrogens is 371 g/mol. The number of ether oxygens (including phenoxy) is 1. The van der Waals surface area contributed by atoms with Gasteiger partial charge in [-0.2, -0.15) is 0 Å². The second-order valence-electron chi connectivity index (χ2n) is 6.93. The Morgan fingerprint density at radius 3 is 2.89 bits per heavy atom. The molecule has 0 aromatic heterocycles. The molecule has 2 aliphatic rings. The summed E-state index contributed by atoms with van der Waals surface area (Å²) >= 11 is 6.11. The number of nitrogens with zero attached hydrogens (tertiary/aromatic N) is 1. The Balaban J connectivity index is 1.38. The summed E-state index contributed by atoms with van der Waals surface area (Å²) in [5.74, 6) is -0.259. The molecule has 2 aromatic carbocycles. The minimum absolute atomic E-state index is 0.0921. The third-order valence-electron chi connectivity index (χ3n) is 5.07. The molecule has 7 heteroatoms. The van der Waals surface area contributed by atoms with Gasteiger partial charge in [0.1, 0.15) is 17.7 Å². The minimum atomic E-state index is -0.334. The van der Waals surface area contributed by atoms with E-state index in [1.807, 2.05) is 6.07 Å². The van der Waals surface area contributed by atoms with Gasteiger partial charge in [0.15, 0.2) is 0 Å². The molecule has 1 heterocycles. The van der Waals surface area contributed by atoms with Crippen LogP contribution in [0.25, 0.3) is 0 Å². The van der Waals surface area contributed by atoms with Crippen LogP contribution < -0.4 is 5.32 Å². The molecule has 2 aromatic rings. The molecule has 0 radical (unpaired) electrons. The number of phenolic OH excluding ortho intramolecular Hbond substituents is 1. The Labute approximate surface area is 161 Å². The Bertz CT molecular complexity index is 843. The number of halogens is 2. The second-order valence-corrected chi connectivity index (χ2v) is 7.34. The number of rotatable bonds is 3. The average Bonchev–Trinajstić information content (AvgIpc) is 3.40. The summed E-state index contributed by atoms with van der Waals surface area (Å²) in [5.41, 5.74) is 1.30. The summed E-state index contributed by atoms with van der Waals surface area (Å²) in [6.45, 7) is 1.30. The number of amides is 2. The molecular formula is C20H20ClFN2O3. The molecule has 1 aliphatic carbocycles. The lowest BCUT2D eigenvalue weighted by atomic mass is 10.1. The number of carbonyl (C=O) groups excluding carboxylic acids is 1. The van der Waals surface area contributed by atoms with Gasteiger partial charge in [-0.15, -0.1) is 0 Å². The predicted molar refractivity (Wildman–Crippen MR) is 99.5 cm³/mol. The fourth-order valence-corrected chi connectivity index (χ4v) is 3.85. The SMILES string of the molecule is O=C(N[C@@H]1C[C@H]1c1c(F)cccc1Cl)N1CCOC(c2cccc(O)c2)C1. The van der Waals surface area contributed by atoms with E-state index in [0.717, 1.165) is 5.56 Å². The zero-order chi connectivity index (χ0) is 19.0. The number of hydrogen-bond donors (Lipinski definition) is 2. The van der Waals surface area contributed by atoms with Crippen molar-refractivity contribution >= 4 is 17.6 Å². The van der Waals surface area contributed by atoms with Crippen molar-refractivity contribution in [1.29, 1.82) is 0 Å². The number of aromatic hydroxyl groups is 1. The van der Waals surface area contributed by atoms with Crippen LogP contribution >= 0.6 is 11.6 Å². The molecule has 1 saturated carbocycles. The monoisotopic (exact) mass is 390 g/mol. The zero-order valence-electron chi connectivity index (χ0n) is 14.6. The van der Waals surface area contributed by atoms with E-state index in [-0.39, 0.29) is 35.7 Å². The maximum Gasteiger partial charge on any atom is 0.317 e. The Morgan fingerprint density at radius 1 is 1.30 bits per heavy atom. The van der Waals surface area contributed by atoms with Crippen molar-refractivity contribution in [2.45, 2.75) is 24.5 Å². The van der Waals surface area contributed by atoms with Crippen LogP contribution in [0.5, 0.6) is 5.75 Å². The first-order chi connectivity index (χ1) is 13.0. The number of urea groups is 1. The lowest BCUT2D eigenvalue weighted by molar-refractivity contribution is -0.0155. The molecule has 1 saturated heterocycles. The van der Waals surface area contributed by atoms with Crippen molar-refractivity contribution in [3.63, 3.8) is 0 Å². The van der Waals surface area contributed by atoms with Crippen LogP contribution in [0.2, 0.25) is 5.02 Å². The van der Waals surface area contributed by atoms with Gasteiger partial charge >= 0.3 is 6.03 Å². The molecule has 2 amide bonds. The van der Waals surface area contributed by atoms with E-state index in [4.69, 9.17) is 16.3 Å². The van der Waals surface area contributed by atoms with Gasteiger partial charge in [-0.05, 0) is 36.2 Å². The average molecular weight is 391 g/mol. The summed E-state index contributed by atoms with van der Waals surface area (Å²) in [5, 5.41) is 13.0. The topological polar surface area (TPSA) is 61.8 Å². The van der Waals surface area contributed by atoms with E-state index in [1.165, 1.54) is 6.07 Å². The van der Waals surface area contributed by atoms with Gasteiger partial charge < -0.3 is 20.1 Å².